The van der Waals surface area contributed by atoms with Crippen LogP contribution in [0.1, 0.15) is 12.8 Å². The molecule has 0 radical (unpaired) electrons. The standard InChI is InChI=1S/C7H13NO2/c9-10-7-5-8-3-1-6(7)2-4-8/h6-7,9H,1-5H2. The Morgan fingerprint density at radius 1 is 1.30 bits per heavy atom. The Morgan fingerprint density at radius 2 is 2.00 bits per heavy atom. The molecular formula is C7H13NO2. The average molecular weight is 143 g/mol. The number of fused-ring (bicyclic) bond motifs is 3. The minimum atomic E-state index is 0.0995. The Bertz CT molecular complexity index is 121. The predicted molar refractivity (Wildman–Crippen MR) is 36.7 cm³/mol. The van der Waals surface area contributed by atoms with Crippen LogP contribution in [0.5, 0.6) is 0 Å². The van der Waals surface area contributed by atoms with Crippen LogP contribution in [-0.4, -0.2) is 35.9 Å². The van der Waals surface area contributed by atoms with Gasteiger partial charge in [0.2, 0.25) is 0 Å². The van der Waals surface area contributed by atoms with E-state index in [0.29, 0.717) is 5.92 Å². The van der Waals surface area contributed by atoms with E-state index in [1.165, 1.54) is 25.9 Å². The molecule has 1 N–H and O–H groups in total. The van der Waals surface area contributed by atoms with Gasteiger partial charge in [0.25, 0.3) is 0 Å². The van der Waals surface area contributed by atoms with E-state index in [1.54, 1.807) is 0 Å². The van der Waals surface area contributed by atoms with Crippen molar-refractivity contribution in [3.63, 3.8) is 0 Å². The minimum Gasteiger partial charge on any atom is -0.301 e. The lowest BCUT2D eigenvalue weighted by Crippen LogP contribution is -2.51. The van der Waals surface area contributed by atoms with Crippen molar-refractivity contribution in [1.82, 2.24) is 4.90 Å². The van der Waals surface area contributed by atoms with Gasteiger partial charge in [0, 0.05) is 6.54 Å². The van der Waals surface area contributed by atoms with Crippen molar-refractivity contribution in [2.24, 2.45) is 5.92 Å². The van der Waals surface area contributed by atoms with E-state index in [1.807, 2.05) is 0 Å². The third kappa shape index (κ3) is 0.944. The summed E-state index contributed by atoms with van der Waals surface area (Å²) in [6.45, 7) is 3.33. The molecule has 3 rings (SSSR count). The van der Waals surface area contributed by atoms with Gasteiger partial charge in [-0.1, -0.05) is 0 Å². The number of rotatable bonds is 1. The molecule has 2 bridgehead atoms. The van der Waals surface area contributed by atoms with E-state index < -0.39 is 0 Å². The summed E-state index contributed by atoms with van der Waals surface area (Å²) in [6, 6.07) is 0. The van der Waals surface area contributed by atoms with Crippen molar-refractivity contribution in [2.75, 3.05) is 19.6 Å². The molecule has 0 amide bonds. The molecule has 0 aromatic heterocycles. The Kier molecular flexibility index (Phi) is 1.64. The topological polar surface area (TPSA) is 32.7 Å². The normalized spacial score (nSPS) is 45.9. The largest absolute Gasteiger partial charge is 0.301 e. The zero-order chi connectivity index (χ0) is 6.97. The lowest BCUT2D eigenvalue weighted by atomic mass is 9.86. The first kappa shape index (κ1) is 6.58. The van der Waals surface area contributed by atoms with Crippen molar-refractivity contribution in [2.45, 2.75) is 18.9 Å². The van der Waals surface area contributed by atoms with E-state index in [9.17, 15) is 0 Å². The second kappa shape index (κ2) is 2.49. The maximum absolute atomic E-state index is 8.49. The molecule has 1 atom stereocenters. The predicted octanol–water partition coefficient (Wildman–Crippen LogP) is 0.570. The van der Waals surface area contributed by atoms with Crippen LogP contribution in [0.2, 0.25) is 0 Å². The van der Waals surface area contributed by atoms with E-state index in [2.05, 4.69) is 9.79 Å². The Morgan fingerprint density at radius 3 is 2.30 bits per heavy atom. The molecule has 0 aromatic carbocycles. The Balaban J connectivity index is 2.01. The summed E-state index contributed by atoms with van der Waals surface area (Å²) in [5.41, 5.74) is 0. The number of piperidine rings is 3. The molecule has 58 valence electrons. The van der Waals surface area contributed by atoms with E-state index in [4.69, 9.17) is 5.26 Å². The van der Waals surface area contributed by atoms with Gasteiger partial charge in [-0.15, -0.1) is 0 Å². The van der Waals surface area contributed by atoms with Crippen LogP contribution in [0.4, 0.5) is 0 Å². The number of hydrogen-bond donors (Lipinski definition) is 1. The molecule has 3 nitrogen and oxygen atoms in total. The average Bonchev–Trinajstić information content (AvgIpc) is 2.06. The summed E-state index contributed by atoms with van der Waals surface area (Å²) in [7, 11) is 0. The van der Waals surface area contributed by atoms with Crippen LogP contribution < -0.4 is 0 Å². The van der Waals surface area contributed by atoms with Crippen molar-refractivity contribution in [3.8, 4) is 0 Å². The van der Waals surface area contributed by atoms with Gasteiger partial charge in [-0.05, 0) is 31.8 Å². The summed E-state index contributed by atoms with van der Waals surface area (Å²) >= 11 is 0. The fraction of sp³-hybridized carbons (Fsp3) is 1.00. The van der Waals surface area contributed by atoms with Crippen LogP contribution in [-0.2, 0) is 4.89 Å². The quantitative estimate of drug-likeness (QED) is 0.430. The third-order valence-corrected chi connectivity index (χ3v) is 2.73. The fourth-order valence-corrected chi connectivity index (χ4v) is 2.03. The van der Waals surface area contributed by atoms with Gasteiger partial charge < -0.3 is 4.90 Å². The molecule has 3 fully saturated rings. The molecule has 0 saturated carbocycles. The minimum absolute atomic E-state index is 0.0995. The first-order valence-electron chi connectivity index (χ1n) is 3.93. The molecule has 3 heterocycles. The van der Waals surface area contributed by atoms with E-state index >= 15 is 0 Å². The molecule has 0 aromatic rings. The zero-order valence-corrected chi connectivity index (χ0v) is 5.99. The highest BCUT2D eigenvalue weighted by atomic mass is 17.1. The summed E-state index contributed by atoms with van der Waals surface area (Å²) in [5, 5.41) is 8.49. The maximum Gasteiger partial charge on any atom is 0.108 e. The van der Waals surface area contributed by atoms with Crippen LogP contribution in [0.3, 0.4) is 0 Å². The van der Waals surface area contributed by atoms with Crippen LogP contribution in [0.15, 0.2) is 0 Å². The van der Waals surface area contributed by atoms with Crippen molar-refractivity contribution >= 4 is 0 Å². The first-order valence-corrected chi connectivity index (χ1v) is 3.93. The van der Waals surface area contributed by atoms with Gasteiger partial charge in [-0.25, -0.2) is 4.89 Å². The molecular weight excluding hydrogens is 130 g/mol. The summed E-state index contributed by atoms with van der Waals surface area (Å²) < 4.78 is 0. The van der Waals surface area contributed by atoms with E-state index in [0.717, 1.165) is 6.54 Å². The lowest BCUT2D eigenvalue weighted by molar-refractivity contribution is -0.304. The van der Waals surface area contributed by atoms with Gasteiger partial charge >= 0.3 is 0 Å². The molecule has 3 heteroatoms. The van der Waals surface area contributed by atoms with Crippen LogP contribution >= 0.6 is 0 Å². The van der Waals surface area contributed by atoms with Crippen LogP contribution in [0.25, 0.3) is 0 Å². The monoisotopic (exact) mass is 143 g/mol. The van der Waals surface area contributed by atoms with Gasteiger partial charge in [0.15, 0.2) is 0 Å². The maximum atomic E-state index is 8.49. The second-order valence-electron chi connectivity index (χ2n) is 3.28. The highest BCUT2D eigenvalue weighted by molar-refractivity contribution is 4.86. The van der Waals surface area contributed by atoms with Crippen molar-refractivity contribution in [3.05, 3.63) is 0 Å². The molecule has 1 unspecified atom stereocenters. The molecule has 10 heavy (non-hydrogen) atoms. The number of hydrogen-bond acceptors (Lipinski definition) is 3. The van der Waals surface area contributed by atoms with Gasteiger partial charge in [0.05, 0.1) is 0 Å². The van der Waals surface area contributed by atoms with Crippen molar-refractivity contribution in [1.29, 1.82) is 0 Å². The Hall–Kier alpha value is -0.120. The molecule has 0 spiro atoms. The van der Waals surface area contributed by atoms with E-state index in [-0.39, 0.29) is 6.10 Å². The van der Waals surface area contributed by atoms with Gasteiger partial charge in [-0.2, -0.15) is 0 Å². The molecule has 3 saturated heterocycles. The van der Waals surface area contributed by atoms with Crippen molar-refractivity contribution < 1.29 is 10.1 Å². The highest BCUT2D eigenvalue weighted by Gasteiger charge is 2.34. The fourth-order valence-electron chi connectivity index (χ4n) is 2.03. The smallest absolute Gasteiger partial charge is 0.108 e. The molecule has 0 aliphatic carbocycles. The Labute approximate surface area is 60.5 Å². The summed E-state index contributed by atoms with van der Waals surface area (Å²) in [4.78, 5) is 6.73. The number of nitrogens with zero attached hydrogens (tertiary/aromatic N) is 1. The second-order valence-corrected chi connectivity index (χ2v) is 3.28. The SMILES string of the molecule is OOC1CN2CCC1CC2. The highest BCUT2D eigenvalue weighted by Crippen LogP contribution is 2.28. The molecule has 3 aliphatic rings. The first-order chi connectivity index (χ1) is 4.90. The lowest BCUT2D eigenvalue weighted by Gasteiger charge is -2.42. The zero-order valence-electron chi connectivity index (χ0n) is 5.99. The van der Waals surface area contributed by atoms with Crippen LogP contribution in [0, 0.1) is 5.92 Å². The molecule has 3 aliphatic heterocycles. The third-order valence-electron chi connectivity index (χ3n) is 2.73. The summed E-state index contributed by atoms with van der Waals surface area (Å²) in [5.74, 6) is 0.620. The summed E-state index contributed by atoms with van der Waals surface area (Å²) in [6.07, 6.45) is 2.50. The van der Waals surface area contributed by atoms with Gasteiger partial charge in [0.1, 0.15) is 6.10 Å². The van der Waals surface area contributed by atoms with Gasteiger partial charge in [-0.3, -0.25) is 5.26 Å².